The Morgan fingerprint density at radius 2 is 2.38 bits per heavy atom. The summed E-state index contributed by atoms with van der Waals surface area (Å²) >= 11 is 0. The van der Waals surface area contributed by atoms with Crippen molar-refractivity contribution >= 4 is 11.7 Å². The van der Waals surface area contributed by atoms with Crippen LogP contribution in [0.2, 0.25) is 0 Å². The highest BCUT2D eigenvalue weighted by molar-refractivity contribution is 5.80. The lowest BCUT2D eigenvalue weighted by atomic mass is 10.3. The molecule has 0 fully saturated rings. The van der Waals surface area contributed by atoms with E-state index in [0.29, 0.717) is 17.9 Å². The van der Waals surface area contributed by atoms with Crippen molar-refractivity contribution in [1.29, 1.82) is 5.26 Å². The Labute approximate surface area is 94.5 Å². The molecule has 0 saturated heterocycles. The van der Waals surface area contributed by atoms with Crippen LogP contribution in [0.15, 0.2) is 18.3 Å². The normalized spacial score (nSPS) is 9.25. The molecule has 0 unspecified atom stereocenters. The lowest BCUT2D eigenvalue weighted by Crippen LogP contribution is -2.30. The molecule has 5 heteroatoms. The number of nitrogens with one attached hydrogen (secondary N) is 2. The predicted octanol–water partition coefficient (Wildman–Crippen LogP) is 0.891. The van der Waals surface area contributed by atoms with Crippen LogP contribution in [-0.2, 0) is 4.79 Å². The lowest BCUT2D eigenvalue weighted by molar-refractivity contribution is -0.119. The SMILES string of the molecule is CCCNC(=O)CNc1ccc(C#N)cn1. The summed E-state index contributed by atoms with van der Waals surface area (Å²) in [6.07, 6.45) is 2.38. The summed E-state index contributed by atoms with van der Waals surface area (Å²) in [5.74, 6) is 0.527. The van der Waals surface area contributed by atoms with Gasteiger partial charge in [0.15, 0.2) is 0 Å². The Morgan fingerprint density at radius 3 is 2.94 bits per heavy atom. The largest absolute Gasteiger partial charge is 0.361 e. The van der Waals surface area contributed by atoms with Gasteiger partial charge in [-0.1, -0.05) is 6.92 Å². The molecule has 84 valence electrons. The van der Waals surface area contributed by atoms with Crippen LogP contribution in [0.5, 0.6) is 0 Å². The van der Waals surface area contributed by atoms with E-state index in [1.807, 2.05) is 13.0 Å². The number of carbonyl (C=O) groups excluding carboxylic acids is 1. The number of pyridine rings is 1. The van der Waals surface area contributed by atoms with E-state index in [2.05, 4.69) is 15.6 Å². The summed E-state index contributed by atoms with van der Waals surface area (Å²) in [6, 6.07) is 5.30. The number of carbonyl (C=O) groups is 1. The first-order chi connectivity index (χ1) is 7.76. The number of amides is 1. The van der Waals surface area contributed by atoms with Crippen molar-refractivity contribution in [2.45, 2.75) is 13.3 Å². The van der Waals surface area contributed by atoms with Crippen molar-refractivity contribution < 1.29 is 4.79 Å². The Kier molecular flexibility index (Phi) is 4.80. The highest BCUT2D eigenvalue weighted by atomic mass is 16.1. The van der Waals surface area contributed by atoms with E-state index in [1.54, 1.807) is 12.1 Å². The molecule has 1 aromatic heterocycles. The third-order valence-electron chi connectivity index (χ3n) is 1.89. The maximum atomic E-state index is 11.2. The molecule has 1 aromatic rings. The maximum absolute atomic E-state index is 11.2. The number of hydrogen-bond acceptors (Lipinski definition) is 4. The second kappa shape index (κ2) is 6.40. The third kappa shape index (κ3) is 3.96. The molecule has 0 bridgehead atoms. The monoisotopic (exact) mass is 218 g/mol. The zero-order valence-corrected chi connectivity index (χ0v) is 9.16. The van der Waals surface area contributed by atoms with Gasteiger partial charge in [0.25, 0.3) is 0 Å². The van der Waals surface area contributed by atoms with Gasteiger partial charge in [-0.25, -0.2) is 4.98 Å². The smallest absolute Gasteiger partial charge is 0.239 e. The minimum atomic E-state index is -0.0620. The molecule has 1 amide bonds. The summed E-state index contributed by atoms with van der Waals surface area (Å²) in [5.41, 5.74) is 0.501. The van der Waals surface area contributed by atoms with Crippen molar-refractivity contribution in [3.05, 3.63) is 23.9 Å². The van der Waals surface area contributed by atoms with Crippen LogP contribution in [0.4, 0.5) is 5.82 Å². The van der Waals surface area contributed by atoms with Gasteiger partial charge in [-0.3, -0.25) is 4.79 Å². The number of aromatic nitrogens is 1. The first-order valence-corrected chi connectivity index (χ1v) is 5.13. The van der Waals surface area contributed by atoms with E-state index in [1.165, 1.54) is 6.20 Å². The Bertz CT molecular complexity index is 380. The molecule has 2 N–H and O–H groups in total. The Hall–Kier alpha value is -2.09. The maximum Gasteiger partial charge on any atom is 0.239 e. The van der Waals surface area contributed by atoms with Gasteiger partial charge in [-0.2, -0.15) is 5.26 Å². The first kappa shape index (κ1) is 12.0. The first-order valence-electron chi connectivity index (χ1n) is 5.13. The van der Waals surface area contributed by atoms with E-state index in [0.717, 1.165) is 6.42 Å². The zero-order chi connectivity index (χ0) is 11.8. The fraction of sp³-hybridized carbons (Fsp3) is 0.364. The van der Waals surface area contributed by atoms with Gasteiger partial charge in [-0.15, -0.1) is 0 Å². The second-order valence-electron chi connectivity index (χ2n) is 3.25. The van der Waals surface area contributed by atoms with E-state index < -0.39 is 0 Å². The van der Waals surface area contributed by atoms with Crippen molar-refractivity contribution in [3.8, 4) is 6.07 Å². The number of hydrogen-bond donors (Lipinski definition) is 2. The van der Waals surface area contributed by atoms with Crippen molar-refractivity contribution in [2.75, 3.05) is 18.4 Å². The molecule has 0 radical (unpaired) electrons. The van der Waals surface area contributed by atoms with Gasteiger partial charge in [0.05, 0.1) is 12.1 Å². The Balaban J connectivity index is 2.37. The van der Waals surface area contributed by atoms with Gasteiger partial charge in [0, 0.05) is 12.7 Å². The molecule has 0 aromatic carbocycles. The zero-order valence-electron chi connectivity index (χ0n) is 9.16. The summed E-state index contributed by atoms with van der Waals surface area (Å²) < 4.78 is 0. The fourth-order valence-corrected chi connectivity index (χ4v) is 1.06. The van der Waals surface area contributed by atoms with Gasteiger partial charge in [0.1, 0.15) is 11.9 Å². The van der Waals surface area contributed by atoms with Crippen LogP contribution in [0.25, 0.3) is 0 Å². The molecule has 0 spiro atoms. The lowest BCUT2D eigenvalue weighted by Gasteiger charge is -2.05. The molecule has 0 aliphatic heterocycles. The van der Waals surface area contributed by atoms with Crippen LogP contribution in [0, 0.1) is 11.3 Å². The van der Waals surface area contributed by atoms with Crippen LogP contribution >= 0.6 is 0 Å². The summed E-state index contributed by atoms with van der Waals surface area (Å²) in [6.45, 7) is 2.87. The number of anilines is 1. The molecule has 1 heterocycles. The molecule has 1 rings (SSSR count). The minimum Gasteiger partial charge on any atom is -0.361 e. The van der Waals surface area contributed by atoms with E-state index in [-0.39, 0.29) is 12.5 Å². The predicted molar refractivity (Wildman–Crippen MR) is 60.7 cm³/mol. The highest BCUT2D eigenvalue weighted by Crippen LogP contribution is 2.02. The van der Waals surface area contributed by atoms with Crippen LogP contribution in [-0.4, -0.2) is 24.0 Å². The minimum absolute atomic E-state index is 0.0620. The van der Waals surface area contributed by atoms with Gasteiger partial charge in [0.2, 0.25) is 5.91 Å². The fourth-order valence-electron chi connectivity index (χ4n) is 1.06. The van der Waals surface area contributed by atoms with Crippen molar-refractivity contribution in [1.82, 2.24) is 10.3 Å². The van der Waals surface area contributed by atoms with Crippen LogP contribution in [0.3, 0.4) is 0 Å². The van der Waals surface area contributed by atoms with Crippen LogP contribution < -0.4 is 10.6 Å². The molecular formula is C11H14N4O. The average molecular weight is 218 g/mol. The summed E-state index contributed by atoms with van der Waals surface area (Å²) in [7, 11) is 0. The van der Waals surface area contributed by atoms with Gasteiger partial charge < -0.3 is 10.6 Å². The van der Waals surface area contributed by atoms with Crippen LogP contribution in [0.1, 0.15) is 18.9 Å². The molecular weight excluding hydrogens is 204 g/mol. The van der Waals surface area contributed by atoms with Gasteiger partial charge in [-0.05, 0) is 18.6 Å². The molecule has 0 atom stereocenters. The van der Waals surface area contributed by atoms with Gasteiger partial charge >= 0.3 is 0 Å². The summed E-state index contributed by atoms with van der Waals surface area (Å²) in [4.78, 5) is 15.2. The second-order valence-corrected chi connectivity index (χ2v) is 3.25. The topological polar surface area (TPSA) is 77.8 Å². The number of rotatable bonds is 5. The molecule has 0 aliphatic rings. The number of nitrogens with zero attached hydrogens (tertiary/aromatic N) is 2. The molecule has 0 aliphatic carbocycles. The highest BCUT2D eigenvalue weighted by Gasteiger charge is 2.00. The molecule has 5 nitrogen and oxygen atoms in total. The Morgan fingerprint density at radius 1 is 1.56 bits per heavy atom. The van der Waals surface area contributed by atoms with Crippen molar-refractivity contribution in [2.24, 2.45) is 0 Å². The standard InChI is InChI=1S/C11H14N4O/c1-2-5-13-11(16)8-15-10-4-3-9(6-12)7-14-10/h3-4,7H,2,5,8H2,1H3,(H,13,16)(H,14,15). The average Bonchev–Trinajstić information content (AvgIpc) is 2.34. The quantitative estimate of drug-likeness (QED) is 0.769. The van der Waals surface area contributed by atoms with E-state index in [4.69, 9.17) is 5.26 Å². The summed E-state index contributed by atoms with van der Waals surface area (Å²) in [5, 5.41) is 14.2. The third-order valence-corrected chi connectivity index (χ3v) is 1.89. The number of nitriles is 1. The van der Waals surface area contributed by atoms with E-state index in [9.17, 15) is 4.79 Å². The molecule has 16 heavy (non-hydrogen) atoms. The molecule has 0 saturated carbocycles. The van der Waals surface area contributed by atoms with E-state index >= 15 is 0 Å². The van der Waals surface area contributed by atoms with Crippen molar-refractivity contribution in [3.63, 3.8) is 0 Å².